The number of nitrogens with zero attached hydrogens (tertiary/aromatic N) is 1. The van der Waals surface area contributed by atoms with Gasteiger partial charge < -0.3 is 10.4 Å². The first-order valence-corrected chi connectivity index (χ1v) is 15.7. The Balaban J connectivity index is 1.60. The van der Waals surface area contributed by atoms with Gasteiger partial charge in [-0.3, -0.25) is 9.10 Å². The highest BCUT2D eigenvalue weighted by atomic mass is 35.5. The van der Waals surface area contributed by atoms with Crippen LogP contribution in [0.4, 0.5) is 5.69 Å². The summed E-state index contributed by atoms with van der Waals surface area (Å²) in [5, 5.41) is 13.3. The smallest absolute Gasteiger partial charge is 0.328 e. The van der Waals surface area contributed by atoms with Gasteiger partial charge in [-0.05, 0) is 59.4 Å². The summed E-state index contributed by atoms with van der Waals surface area (Å²) >= 11 is 6.18. The van der Waals surface area contributed by atoms with Crippen molar-refractivity contribution in [2.75, 3.05) is 10.8 Å². The second-order valence-electron chi connectivity index (χ2n) is 11.3. The zero-order chi connectivity index (χ0) is 31.2. The van der Waals surface area contributed by atoms with Crippen LogP contribution in [-0.2, 0) is 14.8 Å². The van der Waals surface area contributed by atoms with E-state index in [9.17, 15) is 23.1 Å². The molecule has 9 heteroatoms. The molecule has 1 atom stereocenters. The van der Waals surface area contributed by atoms with Gasteiger partial charge in [-0.1, -0.05) is 105 Å². The third-order valence-electron chi connectivity index (χ3n) is 7.13. The van der Waals surface area contributed by atoms with Gasteiger partial charge in [0.05, 0.1) is 10.6 Å². The number of halogens is 1. The number of carboxylic acid groups (broad SMARTS) is 1. The molecule has 7 nitrogen and oxygen atoms in total. The first-order valence-electron chi connectivity index (χ1n) is 13.9. The fourth-order valence-electron chi connectivity index (χ4n) is 5.10. The number of hydrogen-bond donors (Lipinski definition) is 2. The number of carbonyl (C=O) groups is 2. The summed E-state index contributed by atoms with van der Waals surface area (Å²) in [6.07, 6.45) is 0.631. The number of amides is 1. The van der Waals surface area contributed by atoms with Gasteiger partial charge in [-0.15, -0.1) is 0 Å². The maximum Gasteiger partial charge on any atom is 0.328 e. The molecule has 0 aliphatic carbocycles. The molecule has 0 heterocycles. The molecule has 4 aromatic rings. The van der Waals surface area contributed by atoms with Gasteiger partial charge in [0, 0.05) is 23.0 Å². The van der Waals surface area contributed by atoms with E-state index in [4.69, 9.17) is 11.6 Å². The highest BCUT2D eigenvalue weighted by Gasteiger charge is 2.43. The second-order valence-corrected chi connectivity index (χ2v) is 13.6. The van der Waals surface area contributed by atoms with Crippen molar-refractivity contribution in [2.45, 2.75) is 44.0 Å². The van der Waals surface area contributed by atoms with Crippen LogP contribution in [0.25, 0.3) is 0 Å². The summed E-state index contributed by atoms with van der Waals surface area (Å²) < 4.78 is 29.1. The molecule has 0 radical (unpaired) electrons. The molecule has 0 saturated heterocycles. The van der Waals surface area contributed by atoms with E-state index in [0.29, 0.717) is 13.0 Å². The van der Waals surface area contributed by atoms with Gasteiger partial charge in [0.15, 0.2) is 0 Å². The molecule has 224 valence electrons. The van der Waals surface area contributed by atoms with Gasteiger partial charge in [0.2, 0.25) is 0 Å². The summed E-state index contributed by atoms with van der Waals surface area (Å²) in [6, 6.07) is 30.3. The third kappa shape index (κ3) is 7.63. The number of carboxylic acids is 1. The van der Waals surface area contributed by atoms with Crippen LogP contribution in [0.1, 0.15) is 54.6 Å². The van der Waals surface area contributed by atoms with E-state index < -0.39 is 33.4 Å². The Hall–Kier alpha value is -4.14. The van der Waals surface area contributed by atoms with Gasteiger partial charge in [0.1, 0.15) is 6.04 Å². The predicted octanol–water partition coefficient (Wildman–Crippen LogP) is 6.99. The molecule has 0 fully saturated rings. The van der Waals surface area contributed by atoms with Crippen molar-refractivity contribution in [3.63, 3.8) is 0 Å². The standard InChI is InChI=1S/C34H35ClN2O5S/c1-34(2,3)31(33(39)40)37(28-18-11-17-27(35)23-28)43(41,42)29-19-10-16-26(22-29)32(38)36-21-20-30(24-12-6-4-7-13-24)25-14-8-5-9-15-25/h4-19,22-23,30-31H,20-21H2,1-3H3,(H,36,38)(H,39,40). The Morgan fingerprint density at radius 1 is 0.837 bits per heavy atom. The molecule has 4 aromatic carbocycles. The molecule has 0 spiro atoms. The number of rotatable bonds is 11. The molecule has 0 aromatic heterocycles. The van der Waals surface area contributed by atoms with Crippen molar-refractivity contribution in [3.8, 4) is 0 Å². The molecule has 0 bridgehead atoms. The summed E-state index contributed by atoms with van der Waals surface area (Å²) in [5.41, 5.74) is 1.53. The normalized spacial score (nSPS) is 12.5. The number of carbonyl (C=O) groups excluding carboxylic acids is 1. The van der Waals surface area contributed by atoms with Crippen LogP contribution in [0.2, 0.25) is 5.02 Å². The van der Waals surface area contributed by atoms with E-state index >= 15 is 0 Å². The number of sulfonamides is 1. The monoisotopic (exact) mass is 618 g/mol. The molecule has 0 aliphatic rings. The lowest BCUT2D eigenvalue weighted by molar-refractivity contribution is -0.140. The predicted molar refractivity (Wildman–Crippen MR) is 170 cm³/mol. The van der Waals surface area contributed by atoms with Gasteiger partial charge in [-0.25, -0.2) is 13.2 Å². The van der Waals surface area contributed by atoms with Crippen LogP contribution < -0.4 is 9.62 Å². The first-order chi connectivity index (χ1) is 20.4. The maximum atomic E-state index is 14.1. The number of nitrogens with one attached hydrogen (secondary N) is 1. The van der Waals surface area contributed by atoms with Crippen molar-refractivity contribution in [1.82, 2.24) is 5.32 Å². The zero-order valence-electron chi connectivity index (χ0n) is 24.3. The fourth-order valence-corrected chi connectivity index (χ4v) is 7.12. The molecule has 43 heavy (non-hydrogen) atoms. The molecule has 2 N–H and O–H groups in total. The quantitative estimate of drug-likeness (QED) is 0.189. The average Bonchev–Trinajstić information content (AvgIpc) is 2.98. The zero-order valence-corrected chi connectivity index (χ0v) is 25.8. The van der Waals surface area contributed by atoms with Crippen LogP contribution in [-0.4, -0.2) is 38.0 Å². The summed E-state index contributed by atoms with van der Waals surface area (Å²) in [7, 11) is -4.45. The lowest BCUT2D eigenvalue weighted by atomic mass is 9.86. The number of aliphatic carboxylic acids is 1. The van der Waals surface area contributed by atoms with Crippen molar-refractivity contribution >= 4 is 39.2 Å². The van der Waals surface area contributed by atoms with E-state index in [1.807, 2.05) is 36.4 Å². The Kier molecular flexibility index (Phi) is 9.94. The largest absolute Gasteiger partial charge is 0.480 e. The van der Waals surface area contributed by atoms with Crippen LogP contribution in [0, 0.1) is 5.41 Å². The molecule has 0 aliphatic heterocycles. The summed E-state index contributed by atoms with van der Waals surface area (Å²) in [6.45, 7) is 5.31. The van der Waals surface area contributed by atoms with E-state index in [1.165, 1.54) is 36.4 Å². The van der Waals surface area contributed by atoms with Crippen molar-refractivity contribution in [3.05, 3.63) is 131 Å². The Labute approximate surface area is 258 Å². The van der Waals surface area contributed by atoms with Gasteiger partial charge >= 0.3 is 5.97 Å². The van der Waals surface area contributed by atoms with E-state index in [2.05, 4.69) is 29.6 Å². The van der Waals surface area contributed by atoms with Gasteiger partial charge in [-0.2, -0.15) is 0 Å². The van der Waals surface area contributed by atoms with Crippen LogP contribution in [0.3, 0.4) is 0 Å². The molecule has 1 amide bonds. The maximum absolute atomic E-state index is 14.1. The van der Waals surface area contributed by atoms with Crippen molar-refractivity contribution in [1.29, 1.82) is 0 Å². The summed E-state index contributed by atoms with van der Waals surface area (Å²) in [4.78, 5) is 25.5. The van der Waals surface area contributed by atoms with E-state index in [1.54, 1.807) is 32.9 Å². The molecule has 0 saturated carbocycles. The molecule has 1 unspecified atom stereocenters. The lowest BCUT2D eigenvalue weighted by Crippen LogP contribution is -2.52. The lowest BCUT2D eigenvalue weighted by Gasteiger charge is -2.37. The Bertz CT molecular complexity index is 1630. The van der Waals surface area contributed by atoms with Gasteiger partial charge in [0.25, 0.3) is 15.9 Å². The second kappa shape index (κ2) is 13.4. The fraction of sp³-hybridized carbons (Fsp3) is 0.235. The van der Waals surface area contributed by atoms with Crippen LogP contribution in [0.5, 0.6) is 0 Å². The Morgan fingerprint density at radius 2 is 1.42 bits per heavy atom. The minimum atomic E-state index is -4.45. The van der Waals surface area contributed by atoms with Crippen LogP contribution in [0.15, 0.2) is 114 Å². The number of benzene rings is 4. The minimum Gasteiger partial charge on any atom is -0.480 e. The highest BCUT2D eigenvalue weighted by Crippen LogP contribution is 2.35. The van der Waals surface area contributed by atoms with E-state index in [0.717, 1.165) is 15.4 Å². The molecular formula is C34H35ClN2O5S. The average molecular weight is 619 g/mol. The molecular weight excluding hydrogens is 584 g/mol. The third-order valence-corrected chi connectivity index (χ3v) is 9.15. The highest BCUT2D eigenvalue weighted by molar-refractivity contribution is 7.93. The first kappa shape index (κ1) is 31.8. The number of anilines is 1. The SMILES string of the molecule is CC(C)(C)C(C(=O)O)N(c1cccc(Cl)c1)S(=O)(=O)c1cccc(C(=O)NCCC(c2ccccc2)c2ccccc2)c1. The minimum absolute atomic E-state index is 0.0611. The number of hydrogen-bond acceptors (Lipinski definition) is 4. The van der Waals surface area contributed by atoms with Crippen molar-refractivity contribution < 1.29 is 23.1 Å². The molecule has 4 rings (SSSR count). The summed E-state index contributed by atoms with van der Waals surface area (Å²) in [5.74, 6) is -1.68. The van der Waals surface area contributed by atoms with Crippen LogP contribution >= 0.6 is 11.6 Å². The van der Waals surface area contributed by atoms with Crippen molar-refractivity contribution in [2.24, 2.45) is 5.41 Å². The Morgan fingerprint density at radius 3 is 1.95 bits per heavy atom. The van der Waals surface area contributed by atoms with E-state index in [-0.39, 0.29) is 27.1 Å². The topological polar surface area (TPSA) is 104 Å².